The highest BCUT2D eigenvalue weighted by Crippen LogP contribution is 2.41. The maximum absolute atomic E-state index is 10.6. The van der Waals surface area contributed by atoms with Gasteiger partial charge < -0.3 is 19.1 Å². The molecule has 0 aliphatic carbocycles. The van der Waals surface area contributed by atoms with Crippen molar-refractivity contribution in [1.29, 1.82) is 0 Å². The van der Waals surface area contributed by atoms with Crippen molar-refractivity contribution in [2.75, 3.05) is 7.11 Å². The van der Waals surface area contributed by atoms with Crippen molar-refractivity contribution < 1.29 is 19.1 Å². The Bertz CT molecular complexity index is 1140. The molecule has 3 aromatic carbocycles. The van der Waals surface area contributed by atoms with Gasteiger partial charge in [-0.2, -0.15) is 0 Å². The summed E-state index contributed by atoms with van der Waals surface area (Å²) in [6.07, 6.45) is 1.61. The van der Waals surface area contributed by atoms with E-state index in [1.807, 2.05) is 48.5 Å². The molecule has 6 heteroatoms. The molecule has 0 amide bonds. The van der Waals surface area contributed by atoms with Crippen LogP contribution in [0.25, 0.3) is 22.5 Å². The summed E-state index contributed by atoms with van der Waals surface area (Å²) in [5, 5.41) is 15.1. The van der Waals surface area contributed by atoms with Crippen LogP contribution in [0.2, 0.25) is 5.02 Å². The molecular weight excluding hydrogens is 390 g/mol. The largest absolute Gasteiger partial charge is 0.507 e. The van der Waals surface area contributed by atoms with Crippen molar-refractivity contribution in [2.24, 2.45) is 0 Å². The van der Waals surface area contributed by atoms with Gasteiger partial charge in [-0.3, -0.25) is 0 Å². The number of rotatable bonds is 6. The maximum Gasteiger partial charge on any atom is 0.178 e. The number of halogens is 1. The van der Waals surface area contributed by atoms with Crippen molar-refractivity contribution in [2.45, 2.75) is 6.61 Å². The summed E-state index contributed by atoms with van der Waals surface area (Å²) in [5.41, 5.74) is 3.01. The number of methoxy groups -OCH3 is 1. The molecule has 1 heterocycles. The molecule has 0 spiro atoms. The minimum atomic E-state index is 0.0292. The normalized spacial score (nSPS) is 10.7. The molecule has 4 aromatic rings. The Labute approximate surface area is 173 Å². The lowest BCUT2D eigenvalue weighted by atomic mass is 10.0. The first-order valence-corrected chi connectivity index (χ1v) is 9.32. The van der Waals surface area contributed by atoms with Gasteiger partial charge >= 0.3 is 0 Å². The number of benzene rings is 3. The van der Waals surface area contributed by atoms with Crippen LogP contribution in [-0.2, 0) is 6.61 Å². The van der Waals surface area contributed by atoms with E-state index in [-0.39, 0.29) is 5.75 Å². The standard InChI is InChI=1S/C23H18ClNO4/c1-27-22-8-3-2-7-18(22)20-13-25-29-23(20)19-10-9-17(12-21(19)26)28-14-15-5-4-6-16(24)11-15/h2-13,26H,14H2,1H3. The molecule has 0 aliphatic heterocycles. The Kier molecular flexibility index (Phi) is 5.40. The second kappa shape index (κ2) is 8.29. The highest BCUT2D eigenvalue weighted by atomic mass is 35.5. The predicted molar refractivity (Wildman–Crippen MR) is 111 cm³/mol. The number of ether oxygens (including phenoxy) is 2. The summed E-state index contributed by atoms with van der Waals surface area (Å²) < 4.78 is 16.6. The summed E-state index contributed by atoms with van der Waals surface area (Å²) in [7, 11) is 1.61. The summed E-state index contributed by atoms with van der Waals surface area (Å²) in [6.45, 7) is 0.341. The van der Waals surface area contributed by atoms with E-state index in [1.54, 1.807) is 31.5 Å². The van der Waals surface area contributed by atoms with Gasteiger partial charge in [-0.05, 0) is 35.9 Å². The van der Waals surface area contributed by atoms with Crippen LogP contribution in [0.3, 0.4) is 0 Å². The molecule has 0 bridgehead atoms. The van der Waals surface area contributed by atoms with Crippen LogP contribution in [0.5, 0.6) is 17.2 Å². The van der Waals surface area contributed by atoms with Crippen molar-refractivity contribution in [3.63, 3.8) is 0 Å². The van der Waals surface area contributed by atoms with Crippen LogP contribution in [0.4, 0.5) is 0 Å². The van der Waals surface area contributed by atoms with E-state index < -0.39 is 0 Å². The van der Waals surface area contributed by atoms with Gasteiger partial charge in [-0.25, -0.2) is 0 Å². The summed E-state index contributed by atoms with van der Waals surface area (Å²) in [5.74, 6) is 1.71. The van der Waals surface area contributed by atoms with Crippen molar-refractivity contribution in [3.8, 4) is 39.7 Å². The molecule has 29 heavy (non-hydrogen) atoms. The van der Waals surface area contributed by atoms with Crippen molar-refractivity contribution in [1.82, 2.24) is 5.16 Å². The molecule has 0 unspecified atom stereocenters. The van der Waals surface area contributed by atoms with Gasteiger partial charge in [0.15, 0.2) is 5.76 Å². The number of phenolic OH excluding ortho intramolecular Hbond substituents is 1. The molecule has 0 radical (unpaired) electrons. The molecule has 0 saturated heterocycles. The molecule has 1 aromatic heterocycles. The Morgan fingerprint density at radius 1 is 0.966 bits per heavy atom. The van der Waals surface area contributed by atoms with E-state index in [0.29, 0.717) is 34.5 Å². The summed E-state index contributed by atoms with van der Waals surface area (Å²) in [6, 6.07) is 20.1. The van der Waals surface area contributed by atoms with E-state index in [1.165, 1.54) is 0 Å². The molecule has 0 aliphatic rings. The van der Waals surface area contributed by atoms with Gasteiger partial charge in [0, 0.05) is 16.7 Å². The van der Waals surface area contributed by atoms with Gasteiger partial charge in [-0.15, -0.1) is 0 Å². The molecule has 1 N–H and O–H groups in total. The molecule has 4 rings (SSSR count). The first-order chi connectivity index (χ1) is 14.2. The Morgan fingerprint density at radius 2 is 1.83 bits per heavy atom. The minimum absolute atomic E-state index is 0.0292. The smallest absolute Gasteiger partial charge is 0.178 e. The van der Waals surface area contributed by atoms with E-state index in [0.717, 1.165) is 16.7 Å². The number of para-hydroxylation sites is 1. The summed E-state index contributed by atoms with van der Waals surface area (Å²) in [4.78, 5) is 0. The highest BCUT2D eigenvalue weighted by molar-refractivity contribution is 6.30. The predicted octanol–water partition coefficient (Wildman–Crippen LogP) is 5.96. The second-order valence-corrected chi connectivity index (χ2v) is 6.80. The molecular formula is C23H18ClNO4. The molecule has 146 valence electrons. The fraction of sp³-hybridized carbons (Fsp3) is 0.0870. The Morgan fingerprint density at radius 3 is 2.62 bits per heavy atom. The van der Waals surface area contributed by atoms with Crippen LogP contribution in [0.1, 0.15) is 5.56 Å². The third-order valence-corrected chi connectivity index (χ3v) is 4.71. The Balaban J connectivity index is 1.60. The third-order valence-electron chi connectivity index (χ3n) is 4.48. The van der Waals surface area contributed by atoms with E-state index in [4.69, 9.17) is 25.6 Å². The zero-order valence-corrected chi connectivity index (χ0v) is 16.4. The lowest BCUT2D eigenvalue weighted by Crippen LogP contribution is -1.95. The summed E-state index contributed by atoms with van der Waals surface area (Å²) >= 11 is 6.00. The van der Waals surface area contributed by atoms with Crippen LogP contribution in [-0.4, -0.2) is 17.4 Å². The number of hydrogen-bond acceptors (Lipinski definition) is 5. The third kappa shape index (κ3) is 4.05. The van der Waals surface area contributed by atoms with Gasteiger partial charge in [0.2, 0.25) is 0 Å². The van der Waals surface area contributed by atoms with Crippen LogP contribution in [0.15, 0.2) is 77.4 Å². The highest BCUT2D eigenvalue weighted by Gasteiger charge is 2.19. The van der Waals surface area contributed by atoms with Gasteiger partial charge in [0.1, 0.15) is 23.9 Å². The van der Waals surface area contributed by atoms with Crippen molar-refractivity contribution >= 4 is 11.6 Å². The van der Waals surface area contributed by atoms with Gasteiger partial charge in [-0.1, -0.05) is 47.1 Å². The van der Waals surface area contributed by atoms with Crippen LogP contribution in [0, 0.1) is 0 Å². The second-order valence-electron chi connectivity index (χ2n) is 6.37. The first kappa shape index (κ1) is 18.9. The number of nitrogens with zero attached hydrogens (tertiary/aromatic N) is 1. The molecule has 5 nitrogen and oxygen atoms in total. The SMILES string of the molecule is COc1ccccc1-c1cnoc1-c1ccc(OCc2cccc(Cl)c2)cc1O. The van der Waals surface area contributed by atoms with E-state index in [2.05, 4.69) is 5.16 Å². The topological polar surface area (TPSA) is 64.7 Å². The first-order valence-electron chi connectivity index (χ1n) is 8.94. The molecule has 0 atom stereocenters. The zero-order chi connectivity index (χ0) is 20.2. The zero-order valence-electron chi connectivity index (χ0n) is 15.6. The fourth-order valence-electron chi connectivity index (χ4n) is 3.08. The average molecular weight is 408 g/mol. The minimum Gasteiger partial charge on any atom is -0.507 e. The van der Waals surface area contributed by atoms with Crippen molar-refractivity contribution in [3.05, 3.63) is 83.5 Å². The lowest BCUT2D eigenvalue weighted by Gasteiger charge is -2.10. The van der Waals surface area contributed by atoms with Gasteiger partial charge in [0.25, 0.3) is 0 Å². The number of aromatic hydroxyl groups is 1. The fourth-order valence-corrected chi connectivity index (χ4v) is 3.29. The van der Waals surface area contributed by atoms with E-state index in [9.17, 15) is 5.11 Å². The number of hydrogen-bond donors (Lipinski definition) is 1. The molecule has 0 saturated carbocycles. The Hall–Kier alpha value is -3.44. The van der Waals surface area contributed by atoms with Gasteiger partial charge in [0.05, 0.1) is 24.4 Å². The maximum atomic E-state index is 10.6. The number of aromatic nitrogens is 1. The van der Waals surface area contributed by atoms with E-state index >= 15 is 0 Å². The lowest BCUT2D eigenvalue weighted by molar-refractivity contribution is 0.304. The van der Waals surface area contributed by atoms with Crippen LogP contribution >= 0.6 is 11.6 Å². The molecule has 0 fully saturated rings. The van der Waals surface area contributed by atoms with Crippen LogP contribution < -0.4 is 9.47 Å². The quantitative estimate of drug-likeness (QED) is 0.427. The average Bonchev–Trinajstić information content (AvgIpc) is 3.21. The monoisotopic (exact) mass is 407 g/mol. The number of phenols is 1.